The molecular weight excluding hydrogens is 216 g/mol. The Morgan fingerprint density at radius 3 is 3.00 bits per heavy atom. The van der Waals surface area contributed by atoms with Gasteiger partial charge in [0.15, 0.2) is 11.4 Å². The van der Waals surface area contributed by atoms with Gasteiger partial charge in [0.2, 0.25) is 0 Å². The van der Waals surface area contributed by atoms with Crippen molar-refractivity contribution in [1.82, 2.24) is 14.3 Å². The highest BCUT2D eigenvalue weighted by atomic mass is 16.5. The first-order valence-corrected chi connectivity index (χ1v) is 5.65. The molecule has 0 unspecified atom stereocenters. The third-order valence-corrected chi connectivity index (χ3v) is 2.58. The van der Waals surface area contributed by atoms with E-state index in [2.05, 4.69) is 9.88 Å². The molecule has 5 heteroatoms. The van der Waals surface area contributed by atoms with E-state index < -0.39 is 0 Å². The lowest BCUT2D eigenvalue weighted by Crippen LogP contribution is -2.19. The molecule has 0 aliphatic rings. The first-order valence-electron chi connectivity index (χ1n) is 5.65. The van der Waals surface area contributed by atoms with Gasteiger partial charge in [-0.05, 0) is 26.2 Å². The zero-order valence-corrected chi connectivity index (χ0v) is 10.3. The van der Waals surface area contributed by atoms with E-state index in [1.807, 2.05) is 36.8 Å². The van der Waals surface area contributed by atoms with E-state index in [9.17, 15) is 0 Å². The van der Waals surface area contributed by atoms with E-state index in [4.69, 9.17) is 10.5 Å². The summed E-state index contributed by atoms with van der Waals surface area (Å²) in [7, 11) is 4.04. The van der Waals surface area contributed by atoms with Gasteiger partial charge in [-0.1, -0.05) is 0 Å². The van der Waals surface area contributed by atoms with Crippen LogP contribution in [0.3, 0.4) is 0 Å². The minimum atomic E-state index is 0.475. The molecule has 0 spiro atoms. The lowest BCUT2D eigenvalue weighted by atomic mass is 10.4. The highest BCUT2D eigenvalue weighted by molar-refractivity contribution is 5.54. The summed E-state index contributed by atoms with van der Waals surface area (Å²) in [5.41, 5.74) is 7.45. The SMILES string of the molecule is CN(C)CCOc1cccn2c(CN)cnc12. The molecule has 0 aromatic carbocycles. The fourth-order valence-corrected chi connectivity index (χ4v) is 1.64. The van der Waals surface area contributed by atoms with Gasteiger partial charge in [-0.3, -0.25) is 4.40 Å². The molecule has 0 bridgehead atoms. The first kappa shape index (κ1) is 11.9. The van der Waals surface area contributed by atoms with Crippen LogP contribution in [0.15, 0.2) is 24.5 Å². The van der Waals surface area contributed by atoms with Gasteiger partial charge in [0.05, 0.1) is 11.9 Å². The van der Waals surface area contributed by atoms with Gasteiger partial charge >= 0.3 is 0 Å². The van der Waals surface area contributed by atoms with Crippen LogP contribution in [0.4, 0.5) is 0 Å². The van der Waals surface area contributed by atoms with E-state index >= 15 is 0 Å². The van der Waals surface area contributed by atoms with Gasteiger partial charge in [-0.15, -0.1) is 0 Å². The maximum absolute atomic E-state index is 5.72. The van der Waals surface area contributed by atoms with Crippen LogP contribution >= 0.6 is 0 Å². The summed E-state index contributed by atoms with van der Waals surface area (Å²) in [6.45, 7) is 2.01. The summed E-state index contributed by atoms with van der Waals surface area (Å²) in [4.78, 5) is 6.41. The van der Waals surface area contributed by atoms with Crippen molar-refractivity contribution in [3.05, 3.63) is 30.2 Å². The van der Waals surface area contributed by atoms with Crippen LogP contribution in [0.1, 0.15) is 5.69 Å². The molecule has 0 saturated carbocycles. The molecule has 92 valence electrons. The Morgan fingerprint density at radius 2 is 2.29 bits per heavy atom. The molecule has 5 nitrogen and oxygen atoms in total. The zero-order chi connectivity index (χ0) is 12.3. The average molecular weight is 234 g/mol. The highest BCUT2D eigenvalue weighted by Gasteiger charge is 2.06. The van der Waals surface area contributed by atoms with Crippen molar-refractivity contribution < 1.29 is 4.74 Å². The normalized spacial score (nSPS) is 11.3. The lowest BCUT2D eigenvalue weighted by molar-refractivity contribution is 0.262. The van der Waals surface area contributed by atoms with Crippen molar-refractivity contribution in [3.8, 4) is 5.75 Å². The van der Waals surface area contributed by atoms with Crippen LogP contribution in [-0.4, -0.2) is 41.5 Å². The van der Waals surface area contributed by atoms with Crippen LogP contribution in [0.2, 0.25) is 0 Å². The lowest BCUT2D eigenvalue weighted by Gasteiger charge is -2.11. The summed E-state index contributed by atoms with van der Waals surface area (Å²) in [5, 5.41) is 0. The minimum Gasteiger partial charge on any atom is -0.488 e. The molecule has 0 amide bonds. The fourth-order valence-electron chi connectivity index (χ4n) is 1.64. The number of likely N-dealkylation sites (N-methyl/N-ethyl adjacent to an activating group) is 1. The molecule has 0 aliphatic carbocycles. The maximum atomic E-state index is 5.72. The van der Waals surface area contributed by atoms with Crippen LogP contribution in [0.5, 0.6) is 5.75 Å². The predicted molar refractivity (Wildman–Crippen MR) is 67.1 cm³/mol. The van der Waals surface area contributed by atoms with E-state index in [-0.39, 0.29) is 0 Å². The Balaban J connectivity index is 2.19. The quantitative estimate of drug-likeness (QED) is 0.828. The number of pyridine rings is 1. The molecule has 0 aliphatic heterocycles. The molecule has 0 fully saturated rings. The van der Waals surface area contributed by atoms with E-state index in [0.29, 0.717) is 13.2 Å². The zero-order valence-electron chi connectivity index (χ0n) is 10.3. The molecule has 2 heterocycles. The van der Waals surface area contributed by atoms with Crippen molar-refractivity contribution in [2.75, 3.05) is 27.2 Å². The second-order valence-corrected chi connectivity index (χ2v) is 4.17. The number of nitrogens with two attached hydrogens (primary N) is 1. The van der Waals surface area contributed by atoms with Crippen LogP contribution in [-0.2, 0) is 6.54 Å². The van der Waals surface area contributed by atoms with Crippen molar-refractivity contribution >= 4 is 5.65 Å². The van der Waals surface area contributed by atoms with Gasteiger partial charge in [0, 0.05) is 19.3 Å². The Kier molecular flexibility index (Phi) is 3.61. The number of fused-ring (bicyclic) bond motifs is 1. The number of aromatic nitrogens is 2. The average Bonchev–Trinajstić information content (AvgIpc) is 2.72. The standard InChI is InChI=1S/C12H18N4O/c1-15(2)6-7-17-11-4-3-5-16-10(8-13)9-14-12(11)16/h3-5,9H,6-8,13H2,1-2H3. The highest BCUT2D eigenvalue weighted by Crippen LogP contribution is 2.19. The molecule has 17 heavy (non-hydrogen) atoms. The molecule has 2 rings (SSSR count). The largest absolute Gasteiger partial charge is 0.488 e. The van der Waals surface area contributed by atoms with Gasteiger partial charge in [0.25, 0.3) is 0 Å². The summed E-state index contributed by atoms with van der Waals surface area (Å²) >= 11 is 0. The van der Waals surface area contributed by atoms with Crippen LogP contribution < -0.4 is 10.5 Å². The molecule has 0 radical (unpaired) electrons. The van der Waals surface area contributed by atoms with Gasteiger partial charge < -0.3 is 15.4 Å². The number of imidazole rings is 1. The summed E-state index contributed by atoms with van der Waals surface area (Å²) < 4.78 is 7.69. The molecule has 2 aromatic rings. The van der Waals surface area contributed by atoms with Crippen molar-refractivity contribution in [2.24, 2.45) is 5.73 Å². The smallest absolute Gasteiger partial charge is 0.179 e. The molecule has 2 aromatic heterocycles. The second kappa shape index (κ2) is 5.16. The second-order valence-electron chi connectivity index (χ2n) is 4.17. The molecule has 0 saturated heterocycles. The Bertz CT molecular complexity index is 492. The number of rotatable bonds is 5. The summed E-state index contributed by atoms with van der Waals surface area (Å²) in [5.74, 6) is 0.800. The Labute approximate surface area is 101 Å². The minimum absolute atomic E-state index is 0.475. The van der Waals surface area contributed by atoms with Crippen molar-refractivity contribution in [2.45, 2.75) is 6.54 Å². The third kappa shape index (κ3) is 2.57. The molecule has 0 atom stereocenters. The van der Waals surface area contributed by atoms with Gasteiger partial charge in [-0.25, -0.2) is 4.98 Å². The number of nitrogens with zero attached hydrogens (tertiary/aromatic N) is 3. The Morgan fingerprint density at radius 1 is 1.47 bits per heavy atom. The number of hydrogen-bond donors (Lipinski definition) is 1. The molecular formula is C12H18N4O. The van der Waals surface area contributed by atoms with Crippen LogP contribution in [0, 0.1) is 0 Å². The summed E-state index contributed by atoms with van der Waals surface area (Å²) in [6, 6.07) is 3.87. The van der Waals surface area contributed by atoms with E-state index in [0.717, 1.165) is 23.6 Å². The number of ether oxygens (including phenoxy) is 1. The van der Waals surface area contributed by atoms with Crippen molar-refractivity contribution in [3.63, 3.8) is 0 Å². The van der Waals surface area contributed by atoms with E-state index in [1.165, 1.54) is 0 Å². The molecule has 2 N–H and O–H groups in total. The van der Waals surface area contributed by atoms with Gasteiger partial charge in [0.1, 0.15) is 6.61 Å². The topological polar surface area (TPSA) is 55.8 Å². The van der Waals surface area contributed by atoms with Crippen molar-refractivity contribution in [1.29, 1.82) is 0 Å². The van der Waals surface area contributed by atoms with Gasteiger partial charge in [-0.2, -0.15) is 0 Å². The fraction of sp³-hybridized carbons (Fsp3) is 0.417. The summed E-state index contributed by atoms with van der Waals surface area (Å²) in [6.07, 6.45) is 3.73. The maximum Gasteiger partial charge on any atom is 0.179 e. The monoisotopic (exact) mass is 234 g/mol. The van der Waals surface area contributed by atoms with Crippen LogP contribution in [0.25, 0.3) is 5.65 Å². The first-order chi connectivity index (χ1) is 8.22. The predicted octanol–water partition coefficient (Wildman–Crippen LogP) is 0.733. The Hall–Kier alpha value is -1.59. The number of hydrogen-bond acceptors (Lipinski definition) is 4. The third-order valence-electron chi connectivity index (χ3n) is 2.58. The van der Waals surface area contributed by atoms with E-state index in [1.54, 1.807) is 6.20 Å².